The maximum atomic E-state index is 11.8. The van der Waals surface area contributed by atoms with E-state index in [0.717, 1.165) is 0 Å². The van der Waals surface area contributed by atoms with Gasteiger partial charge in [0.1, 0.15) is 0 Å². The van der Waals surface area contributed by atoms with Crippen molar-refractivity contribution in [2.75, 3.05) is 0 Å². The Labute approximate surface area is 73.6 Å². The number of carboxylic acids is 1. The standard InChI is InChI=1S/C8H9F2NO2/c9-7(10)2-4-11-3-1-6(5-11)8(12)13/h1,3,5,7H,2,4H2,(H,12,13). The highest BCUT2D eigenvalue weighted by Crippen LogP contribution is 2.05. The van der Waals surface area contributed by atoms with Crippen molar-refractivity contribution in [2.24, 2.45) is 0 Å². The highest BCUT2D eigenvalue weighted by Gasteiger charge is 2.06. The van der Waals surface area contributed by atoms with Crippen molar-refractivity contribution in [3.8, 4) is 0 Å². The number of carboxylic acid groups (broad SMARTS) is 1. The summed E-state index contributed by atoms with van der Waals surface area (Å²) in [6.07, 6.45) is 0.209. The first-order valence-electron chi connectivity index (χ1n) is 3.77. The van der Waals surface area contributed by atoms with E-state index < -0.39 is 12.4 Å². The van der Waals surface area contributed by atoms with E-state index in [1.165, 1.54) is 23.0 Å². The van der Waals surface area contributed by atoms with Crippen molar-refractivity contribution in [1.82, 2.24) is 4.57 Å². The number of aryl methyl sites for hydroxylation is 1. The number of carbonyl (C=O) groups is 1. The molecule has 0 saturated carbocycles. The highest BCUT2D eigenvalue weighted by molar-refractivity contribution is 5.87. The Morgan fingerprint density at radius 1 is 1.62 bits per heavy atom. The van der Waals surface area contributed by atoms with E-state index in [-0.39, 0.29) is 18.5 Å². The van der Waals surface area contributed by atoms with E-state index >= 15 is 0 Å². The molecular formula is C8H9F2NO2. The van der Waals surface area contributed by atoms with Crippen LogP contribution < -0.4 is 0 Å². The predicted molar refractivity (Wildman–Crippen MR) is 42.0 cm³/mol. The number of nitrogens with zero attached hydrogens (tertiary/aromatic N) is 1. The van der Waals surface area contributed by atoms with Crippen molar-refractivity contribution in [3.63, 3.8) is 0 Å². The molecule has 5 heteroatoms. The fraction of sp³-hybridized carbons (Fsp3) is 0.375. The molecule has 1 rings (SSSR count). The number of hydrogen-bond acceptors (Lipinski definition) is 1. The van der Waals surface area contributed by atoms with Gasteiger partial charge in [-0.3, -0.25) is 0 Å². The van der Waals surface area contributed by atoms with Crippen molar-refractivity contribution in [3.05, 3.63) is 24.0 Å². The zero-order valence-corrected chi connectivity index (χ0v) is 6.78. The van der Waals surface area contributed by atoms with Gasteiger partial charge in [0.05, 0.1) is 5.56 Å². The molecule has 3 nitrogen and oxygen atoms in total. The van der Waals surface area contributed by atoms with Crippen LogP contribution in [0.2, 0.25) is 0 Å². The van der Waals surface area contributed by atoms with Gasteiger partial charge >= 0.3 is 5.97 Å². The van der Waals surface area contributed by atoms with Crippen LogP contribution in [0, 0.1) is 0 Å². The van der Waals surface area contributed by atoms with Crippen LogP contribution in [0.4, 0.5) is 8.78 Å². The lowest BCUT2D eigenvalue weighted by Gasteiger charge is -2.00. The molecule has 1 heterocycles. The molecule has 0 fully saturated rings. The number of alkyl halides is 2. The molecule has 1 N–H and O–H groups in total. The second-order valence-corrected chi connectivity index (χ2v) is 2.62. The van der Waals surface area contributed by atoms with Gasteiger partial charge in [0.15, 0.2) is 0 Å². The largest absolute Gasteiger partial charge is 0.478 e. The molecule has 0 atom stereocenters. The van der Waals surface area contributed by atoms with Crippen LogP contribution in [-0.4, -0.2) is 22.1 Å². The Morgan fingerprint density at radius 3 is 2.77 bits per heavy atom. The lowest BCUT2D eigenvalue weighted by Crippen LogP contribution is -2.01. The maximum absolute atomic E-state index is 11.8. The Bertz CT molecular complexity index is 296. The molecule has 0 aliphatic carbocycles. The Hall–Kier alpha value is -1.39. The third kappa shape index (κ3) is 2.85. The van der Waals surface area contributed by atoms with Gasteiger partial charge in [-0.25, -0.2) is 13.6 Å². The molecule has 0 saturated heterocycles. The molecule has 0 unspecified atom stereocenters. The van der Waals surface area contributed by atoms with Gasteiger partial charge in [-0.2, -0.15) is 0 Å². The Morgan fingerprint density at radius 2 is 2.31 bits per heavy atom. The third-order valence-corrected chi connectivity index (χ3v) is 1.60. The second-order valence-electron chi connectivity index (χ2n) is 2.62. The van der Waals surface area contributed by atoms with Crippen molar-refractivity contribution >= 4 is 5.97 Å². The summed E-state index contributed by atoms with van der Waals surface area (Å²) in [4.78, 5) is 10.4. The number of aromatic nitrogens is 1. The fourth-order valence-corrected chi connectivity index (χ4v) is 0.953. The molecule has 0 aromatic carbocycles. The van der Waals surface area contributed by atoms with Gasteiger partial charge in [0, 0.05) is 25.4 Å². The van der Waals surface area contributed by atoms with Crippen LogP contribution in [0.3, 0.4) is 0 Å². The van der Waals surface area contributed by atoms with Gasteiger partial charge < -0.3 is 9.67 Å². The average Bonchev–Trinajstić information content (AvgIpc) is 2.48. The maximum Gasteiger partial charge on any atom is 0.337 e. The number of hydrogen-bond donors (Lipinski definition) is 1. The van der Waals surface area contributed by atoms with Crippen LogP contribution in [-0.2, 0) is 6.54 Å². The molecule has 0 radical (unpaired) electrons. The van der Waals surface area contributed by atoms with Crippen LogP contribution in [0.1, 0.15) is 16.8 Å². The summed E-state index contributed by atoms with van der Waals surface area (Å²) in [6.45, 7) is 0.144. The summed E-state index contributed by atoms with van der Waals surface area (Å²) in [5.74, 6) is -1.05. The van der Waals surface area contributed by atoms with E-state index in [9.17, 15) is 13.6 Å². The van der Waals surface area contributed by atoms with Gasteiger partial charge in [0.25, 0.3) is 0 Å². The van der Waals surface area contributed by atoms with E-state index in [1.807, 2.05) is 0 Å². The third-order valence-electron chi connectivity index (χ3n) is 1.60. The molecule has 1 aromatic rings. The zero-order valence-electron chi connectivity index (χ0n) is 6.78. The van der Waals surface area contributed by atoms with Gasteiger partial charge in [0.2, 0.25) is 6.43 Å². The average molecular weight is 189 g/mol. The van der Waals surface area contributed by atoms with E-state index in [0.29, 0.717) is 0 Å². The first-order chi connectivity index (χ1) is 6.09. The summed E-state index contributed by atoms with van der Waals surface area (Å²) in [6, 6.07) is 1.38. The monoisotopic (exact) mass is 189 g/mol. The van der Waals surface area contributed by atoms with Crippen molar-refractivity contribution in [2.45, 2.75) is 19.4 Å². The minimum absolute atomic E-state index is 0.120. The van der Waals surface area contributed by atoms with E-state index in [2.05, 4.69) is 0 Å². The van der Waals surface area contributed by atoms with E-state index in [4.69, 9.17) is 5.11 Å². The molecular weight excluding hydrogens is 180 g/mol. The quantitative estimate of drug-likeness (QED) is 0.785. The minimum Gasteiger partial charge on any atom is -0.478 e. The SMILES string of the molecule is O=C(O)c1ccn(CCC(F)F)c1. The minimum atomic E-state index is -2.35. The summed E-state index contributed by atoms with van der Waals surface area (Å²) in [7, 11) is 0. The van der Waals surface area contributed by atoms with Crippen molar-refractivity contribution < 1.29 is 18.7 Å². The molecule has 0 amide bonds. The van der Waals surface area contributed by atoms with Crippen LogP contribution in [0.25, 0.3) is 0 Å². The molecule has 13 heavy (non-hydrogen) atoms. The predicted octanol–water partition coefficient (Wildman–Crippen LogP) is 1.84. The molecule has 1 aromatic heterocycles. The Kier molecular flexibility index (Phi) is 3.00. The summed E-state index contributed by atoms with van der Waals surface area (Å²) in [5.41, 5.74) is 0.120. The lowest BCUT2D eigenvalue weighted by molar-refractivity contribution is 0.0697. The number of rotatable bonds is 4. The first-order valence-corrected chi connectivity index (χ1v) is 3.77. The lowest BCUT2D eigenvalue weighted by atomic mass is 10.3. The molecule has 0 aliphatic heterocycles. The van der Waals surface area contributed by atoms with Crippen molar-refractivity contribution in [1.29, 1.82) is 0 Å². The Balaban J connectivity index is 2.54. The zero-order chi connectivity index (χ0) is 9.84. The fourth-order valence-electron chi connectivity index (χ4n) is 0.953. The van der Waals surface area contributed by atoms with E-state index in [1.54, 1.807) is 0 Å². The smallest absolute Gasteiger partial charge is 0.337 e. The van der Waals surface area contributed by atoms with Gasteiger partial charge in [-0.05, 0) is 6.07 Å². The summed E-state index contributed by atoms with van der Waals surface area (Å²) in [5, 5.41) is 8.51. The van der Waals surface area contributed by atoms with Gasteiger partial charge in [-0.15, -0.1) is 0 Å². The summed E-state index contributed by atoms with van der Waals surface area (Å²) >= 11 is 0. The van der Waals surface area contributed by atoms with Crippen LogP contribution in [0.15, 0.2) is 18.5 Å². The first kappa shape index (κ1) is 9.70. The van der Waals surface area contributed by atoms with Crippen LogP contribution >= 0.6 is 0 Å². The number of halogens is 2. The number of aromatic carboxylic acids is 1. The summed E-state index contributed by atoms with van der Waals surface area (Å²) < 4.78 is 25.0. The van der Waals surface area contributed by atoms with Gasteiger partial charge in [-0.1, -0.05) is 0 Å². The highest BCUT2D eigenvalue weighted by atomic mass is 19.3. The molecule has 0 bridgehead atoms. The normalized spacial score (nSPS) is 10.7. The topological polar surface area (TPSA) is 42.2 Å². The molecule has 0 spiro atoms. The molecule has 72 valence electrons. The molecule has 0 aliphatic rings. The second kappa shape index (κ2) is 4.02. The van der Waals surface area contributed by atoms with Crippen LogP contribution in [0.5, 0.6) is 0 Å².